The van der Waals surface area contributed by atoms with Crippen LogP contribution in [0.2, 0.25) is 0 Å². The summed E-state index contributed by atoms with van der Waals surface area (Å²) in [6, 6.07) is 20.6. The van der Waals surface area contributed by atoms with E-state index in [1.54, 1.807) is 24.3 Å². The number of anilines is 2. The number of carbonyl (C=O) groups is 3. The van der Waals surface area contributed by atoms with Crippen LogP contribution in [0.15, 0.2) is 72.8 Å². The van der Waals surface area contributed by atoms with E-state index < -0.39 is 18.1 Å². The first-order chi connectivity index (χ1) is 18.4. The average molecular weight is 541 g/mol. The minimum atomic E-state index is -5.08. The summed E-state index contributed by atoms with van der Waals surface area (Å²) in [5, 5.41) is 19.7. The largest absolute Gasteiger partial charge is 0.490 e. The van der Waals surface area contributed by atoms with E-state index in [2.05, 4.69) is 35.3 Å². The number of alkyl halides is 3. The van der Waals surface area contributed by atoms with Gasteiger partial charge in [-0.1, -0.05) is 48.0 Å². The average Bonchev–Trinajstić information content (AvgIpc) is 2.89. The van der Waals surface area contributed by atoms with Crippen LogP contribution in [0.25, 0.3) is 5.57 Å². The molecule has 10 heteroatoms. The number of rotatable bonds is 5. The highest BCUT2D eigenvalue weighted by molar-refractivity contribution is 6.05. The normalized spacial score (nSPS) is 13.1. The number of carboxylic acid groups (broad SMARTS) is 2. The second-order valence-corrected chi connectivity index (χ2v) is 8.90. The van der Waals surface area contributed by atoms with Crippen molar-refractivity contribution in [2.24, 2.45) is 0 Å². The molecule has 0 unspecified atom stereocenters. The minimum absolute atomic E-state index is 0.180. The molecular weight excluding hydrogens is 513 g/mol. The summed E-state index contributed by atoms with van der Waals surface area (Å²) >= 11 is 0. The molecule has 1 aliphatic heterocycles. The van der Waals surface area contributed by atoms with E-state index in [4.69, 9.17) is 9.90 Å². The standard InChI is InChI=1S/C27H26N2O3.C2HF3O2/c1-18-7-9-21(10-8-18)26(30)28-22-11-12-25(24(17-22)27(31)32)29-15-13-20(14-16-29)23-6-4-3-5-19(23)2;3-2(4,5)1(6)7/h3-13,17H,14-16H2,1-2H3,(H,28,30)(H,31,32);(H,6,7). The third-order valence-electron chi connectivity index (χ3n) is 6.08. The smallest absolute Gasteiger partial charge is 0.478 e. The zero-order valence-corrected chi connectivity index (χ0v) is 21.2. The monoisotopic (exact) mass is 540 g/mol. The molecule has 0 aliphatic carbocycles. The SMILES string of the molecule is Cc1ccc(C(=O)Nc2ccc(N3CC=C(c4ccccc4C)CC3)c(C(=O)O)c2)cc1.O=C(O)C(F)(F)F. The van der Waals surface area contributed by atoms with Gasteiger partial charge in [0, 0.05) is 24.3 Å². The molecule has 7 nitrogen and oxygen atoms in total. The molecule has 0 aromatic heterocycles. The Morgan fingerprint density at radius 1 is 0.923 bits per heavy atom. The van der Waals surface area contributed by atoms with Crippen LogP contribution in [0.4, 0.5) is 24.5 Å². The zero-order valence-electron chi connectivity index (χ0n) is 21.2. The van der Waals surface area contributed by atoms with Crippen molar-refractivity contribution in [1.82, 2.24) is 0 Å². The summed E-state index contributed by atoms with van der Waals surface area (Å²) in [5.41, 5.74) is 6.68. The first-order valence-electron chi connectivity index (χ1n) is 11.9. The third kappa shape index (κ3) is 7.70. The summed E-state index contributed by atoms with van der Waals surface area (Å²) in [7, 11) is 0. The fourth-order valence-corrected chi connectivity index (χ4v) is 4.03. The maximum atomic E-state index is 12.5. The van der Waals surface area contributed by atoms with Gasteiger partial charge in [-0.25, -0.2) is 9.59 Å². The van der Waals surface area contributed by atoms with E-state index in [1.165, 1.54) is 22.8 Å². The number of aliphatic carboxylic acids is 1. The first-order valence-corrected chi connectivity index (χ1v) is 11.9. The molecule has 0 spiro atoms. The van der Waals surface area contributed by atoms with Crippen LogP contribution >= 0.6 is 0 Å². The highest BCUT2D eigenvalue weighted by Crippen LogP contribution is 2.31. The number of hydrogen-bond acceptors (Lipinski definition) is 4. The number of hydrogen-bond donors (Lipinski definition) is 3. The van der Waals surface area contributed by atoms with Crippen LogP contribution in [-0.4, -0.2) is 47.3 Å². The molecule has 1 heterocycles. The number of benzene rings is 3. The van der Waals surface area contributed by atoms with Gasteiger partial charge in [-0.15, -0.1) is 0 Å². The van der Waals surface area contributed by atoms with Crippen molar-refractivity contribution < 1.29 is 37.8 Å². The molecule has 0 radical (unpaired) electrons. The Morgan fingerprint density at radius 2 is 1.56 bits per heavy atom. The molecule has 0 saturated heterocycles. The van der Waals surface area contributed by atoms with Gasteiger partial charge < -0.3 is 20.4 Å². The molecule has 0 atom stereocenters. The lowest BCUT2D eigenvalue weighted by Gasteiger charge is -2.30. The lowest BCUT2D eigenvalue weighted by molar-refractivity contribution is -0.192. The van der Waals surface area contributed by atoms with Crippen LogP contribution in [0.1, 0.15) is 43.8 Å². The van der Waals surface area contributed by atoms with Crippen molar-refractivity contribution in [3.8, 4) is 0 Å². The second-order valence-electron chi connectivity index (χ2n) is 8.90. The van der Waals surface area contributed by atoms with Crippen LogP contribution in [0.5, 0.6) is 0 Å². The summed E-state index contributed by atoms with van der Waals surface area (Å²) in [6.45, 7) is 5.43. The van der Waals surface area contributed by atoms with E-state index in [0.717, 1.165) is 18.5 Å². The number of nitrogens with zero attached hydrogens (tertiary/aromatic N) is 1. The number of carboxylic acids is 2. The number of halogens is 3. The van der Waals surface area contributed by atoms with Crippen LogP contribution in [-0.2, 0) is 4.79 Å². The fourth-order valence-electron chi connectivity index (χ4n) is 4.03. The molecular formula is C29H27F3N2O5. The highest BCUT2D eigenvalue weighted by Gasteiger charge is 2.38. The zero-order chi connectivity index (χ0) is 28.7. The molecule has 1 amide bonds. The van der Waals surface area contributed by atoms with Gasteiger partial charge in [0.05, 0.1) is 11.3 Å². The van der Waals surface area contributed by atoms with Crippen molar-refractivity contribution in [1.29, 1.82) is 0 Å². The summed E-state index contributed by atoms with van der Waals surface area (Å²) < 4.78 is 31.7. The Hall–Kier alpha value is -4.60. The van der Waals surface area contributed by atoms with E-state index in [0.29, 0.717) is 23.5 Å². The van der Waals surface area contributed by atoms with Gasteiger partial charge in [-0.05, 0) is 67.3 Å². The number of nitrogens with one attached hydrogen (secondary N) is 1. The van der Waals surface area contributed by atoms with Crippen LogP contribution in [0.3, 0.4) is 0 Å². The molecule has 39 heavy (non-hydrogen) atoms. The maximum absolute atomic E-state index is 12.5. The Bertz CT molecular complexity index is 1400. The number of amides is 1. The molecule has 204 valence electrons. The predicted molar refractivity (Wildman–Crippen MR) is 142 cm³/mol. The number of aryl methyl sites for hydroxylation is 2. The van der Waals surface area contributed by atoms with Gasteiger partial charge in [-0.2, -0.15) is 13.2 Å². The highest BCUT2D eigenvalue weighted by atomic mass is 19.4. The Kier molecular flexibility index (Phi) is 9.13. The molecule has 0 bridgehead atoms. The molecule has 3 aromatic carbocycles. The topological polar surface area (TPSA) is 107 Å². The maximum Gasteiger partial charge on any atom is 0.490 e. The molecule has 3 aromatic rings. The van der Waals surface area contributed by atoms with Gasteiger partial charge >= 0.3 is 18.1 Å². The van der Waals surface area contributed by atoms with Gasteiger partial charge in [0.25, 0.3) is 5.91 Å². The van der Waals surface area contributed by atoms with Crippen molar-refractivity contribution in [3.63, 3.8) is 0 Å². The Balaban J connectivity index is 0.000000532. The summed E-state index contributed by atoms with van der Waals surface area (Å²) in [6.07, 6.45) is -2.07. The Morgan fingerprint density at radius 3 is 2.10 bits per heavy atom. The third-order valence-corrected chi connectivity index (χ3v) is 6.08. The quantitative estimate of drug-likeness (QED) is 0.357. The lowest BCUT2D eigenvalue weighted by atomic mass is 9.95. The van der Waals surface area contributed by atoms with E-state index in [-0.39, 0.29) is 11.5 Å². The van der Waals surface area contributed by atoms with E-state index >= 15 is 0 Å². The number of carbonyl (C=O) groups excluding carboxylic acids is 1. The van der Waals surface area contributed by atoms with Gasteiger partial charge in [0.1, 0.15) is 0 Å². The van der Waals surface area contributed by atoms with Gasteiger partial charge in [0.2, 0.25) is 0 Å². The van der Waals surface area contributed by atoms with Crippen LogP contribution in [0, 0.1) is 13.8 Å². The lowest BCUT2D eigenvalue weighted by Crippen LogP contribution is -2.30. The number of aromatic carboxylic acids is 1. The summed E-state index contributed by atoms with van der Waals surface area (Å²) in [5.74, 6) is -4.04. The molecule has 0 saturated carbocycles. The van der Waals surface area contributed by atoms with E-state index in [1.807, 2.05) is 31.2 Å². The van der Waals surface area contributed by atoms with Crippen molar-refractivity contribution in [2.75, 3.05) is 23.3 Å². The molecule has 0 fully saturated rings. The van der Waals surface area contributed by atoms with Gasteiger partial charge in [0.15, 0.2) is 0 Å². The van der Waals surface area contributed by atoms with Crippen molar-refractivity contribution >= 4 is 34.8 Å². The molecule has 1 aliphatic rings. The Labute approximate surface area is 223 Å². The predicted octanol–water partition coefficient (Wildman–Crippen LogP) is 6.18. The van der Waals surface area contributed by atoms with E-state index in [9.17, 15) is 27.9 Å². The summed E-state index contributed by atoms with van der Waals surface area (Å²) in [4.78, 5) is 35.5. The van der Waals surface area contributed by atoms with Crippen LogP contribution < -0.4 is 10.2 Å². The van der Waals surface area contributed by atoms with Gasteiger partial charge in [-0.3, -0.25) is 4.79 Å². The molecule has 4 rings (SSSR count). The second kappa shape index (κ2) is 12.3. The fraction of sp³-hybridized carbons (Fsp3) is 0.207. The minimum Gasteiger partial charge on any atom is -0.478 e. The van der Waals surface area contributed by atoms with Crippen molar-refractivity contribution in [3.05, 3.63) is 101 Å². The first kappa shape index (κ1) is 29.0. The molecule has 3 N–H and O–H groups in total. The van der Waals surface area contributed by atoms with Crippen molar-refractivity contribution in [2.45, 2.75) is 26.4 Å².